The van der Waals surface area contributed by atoms with Crippen molar-refractivity contribution in [1.82, 2.24) is 15.1 Å². The maximum absolute atomic E-state index is 14.3. The normalized spacial score (nSPS) is 20.7. The molecule has 1 saturated heterocycles. The van der Waals surface area contributed by atoms with Gasteiger partial charge in [0.25, 0.3) is 0 Å². The van der Waals surface area contributed by atoms with E-state index in [1.165, 1.54) is 11.0 Å². The number of benzene rings is 1. The Morgan fingerprint density at radius 2 is 1.97 bits per heavy atom. The molecule has 31 heavy (non-hydrogen) atoms. The first-order valence-electron chi connectivity index (χ1n) is 10.8. The molecule has 0 bridgehead atoms. The van der Waals surface area contributed by atoms with Crippen molar-refractivity contribution in [2.24, 2.45) is 10.9 Å². The van der Waals surface area contributed by atoms with E-state index in [0.717, 1.165) is 37.3 Å². The smallest absolute Gasteiger partial charge is 0.357 e. The van der Waals surface area contributed by atoms with Crippen molar-refractivity contribution >= 4 is 29.9 Å². The standard InChI is InChI=1S/C22H32F4N4.HI/c1-3-27-20(28-15-21(10-11-21)18-7-5-6-8-19(18)23)30-12-9-17(14-30)13-29(4-2)16-22(24,25)26;/h5-8,17H,3-4,9-16H2,1-2H3,(H,27,28);1H. The van der Waals surface area contributed by atoms with Gasteiger partial charge in [0, 0.05) is 31.6 Å². The number of hydrogen-bond acceptors (Lipinski definition) is 2. The van der Waals surface area contributed by atoms with Crippen LogP contribution in [0.25, 0.3) is 0 Å². The Morgan fingerprint density at radius 1 is 1.26 bits per heavy atom. The van der Waals surface area contributed by atoms with Crippen LogP contribution < -0.4 is 5.32 Å². The van der Waals surface area contributed by atoms with Crippen LogP contribution in [0.4, 0.5) is 17.6 Å². The zero-order chi connectivity index (χ0) is 21.8. The van der Waals surface area contributed by atoms with Crippen molar-refractivity contribution in [1.29, 1.82) is 0 Å². The molecule has 1 aliphatic carbocycles. The molecule has 1 aromatic rings. The predicted octanol–water partition coefficient (Wildman–Crippen LogP) is 4.65. The van der Waals surface area contributed by atoms with Crippen LogP contribution in [0.5, 0.6) is 0 Å². The summed E-state index contributed by atoms with van der Waals surface area (Å²) in [7, 11) is 0. The molecule has 2 fully saturated rings. The summed E-state index contributed by atoms with van der Waals surface area (Å²) < 4.78 is 52.5. The van der Waals surface area contributed by atoms with Crippen LogP contribution >= 0.6 is 24.0 Å². The summed E-state index contributed by atoms with van der Waals surface area (Å²) in [5.41, 5.74) is 0.506. The highest BCUT2D eigenvalue weighted by Crippen LogP contribution is 2.49. The van der Waals surface area contributed by atoms with Crippen molar-refractivity contribution in [3.05, 3.63) is 35.6 Å². The summed E-state index contributed by atoms with van der Waals surface area (Å²) in [6.07, 6.45) is -1.49. The lowest BCUT2D eigenvalue weighted by Gasteiger charge is -2.26. The third-order valence-corrected chi connectivity index (χ3v) is 6.12. The van der Waals surface area contributed by atoms with E-state index in [1.54, 1.807) is 13.0 Å². The molecule has 0 spiro atoms. The van der Waals surface area contributed by atoms with Crippen LogP contribution in [0, 0.1) is 11.7 Å². The van der Waals surface area contributed by atoms with Crippen molar-refractivity contribution in [3.8, 4) is 0 Å². The third kappa shape index (κ3) is 7.20. The monoisotopic (exact) mass is 556 g/mol. The Morgan fingerprint density at radius 3 is 2.55 bits per heavy atom. The van der Waals surface area contributed by atoms with Gasteiger partial charge in [0.2, 0.25) is 0 Å². The third-order valence-electron chi connectivity index (χ3n) is 6.12. The number of nitrogens with zero attached hydrogens (tertiary/aromatic N) is 3. The van der Waals surface area contributed by atoms with E-state index in [-0.39, 0.29) is 41.1 Å². The Bertz CT molecular complexity index is 736. The topological polar surface area (TPSA) is 30.9 Å². The molecule has 0 radical (unpaired) electrons. The second-order valence-electron chi connectivity index (χ2n) is 8.47. The highest BCUT2D eigenvalue weighted by molar-refractivity contribution is 14.0. The number of halogens is 5. The van der Waals surface area contributed by atoms with E-state index >= 15 is 0 Å². The van der Waals surface area contributed by atoms with E-state index in [2.05, 4.69) is 10.2 Å². The first kappa shape index (κ1) is 26.2. The largest absolute Gasteiger partial charge is 0.401 e. The van der Waals surface area contributed by atoms with Crippen LogP contribution in [0.15, 0.2) is 29.3 Å². The van der Waals surface area contributed by atoms with Gasteiger partial charge in [0.15, 0.2) is 5.96 Å². The van der Waals surface area contributed by atoms with Gasteiger partial charge >= 0.3 is 6.18 Å². The number of hydrogen-bond donors (Lipinski definition) is 1. The molecule has 2 aliphatic rings. The summed E-state index contributed by atoms with van der Waals surface area (Å²) >= 11 is 0. The molecule has 4 nitrogen and oxygen atoms in total. The van der Waals surface area contributed by atoms with E-state index in [4.69, 9.17) is 4.99 Å². The first-order chi connectivity index (χ1) is 14.3. The number of nitrogens with one attached hydrogen (secondary N) is 1. The molecule has 3 rings (SSSR count). The zero-order valence-corrected chi connectivity index (χ0v) is 20.5. The van der Waals surface area contributed by atoms with Gasteiger partial charge in [-0.15, -0.1) is 24.0 Å². The fourth-order valence-electron chi connectivity index (χ4n) is 4.31. The maximum atomic E-state index is 14.3. The average Bonchev–Trinajstić information content (AvgIpc) is 3.34. The van der Waals surface area contributed by atoms with Gasteiger partial charge in [-0.25, -0.2) is 4.39 Å². The second-order valence-corrected chi connectivity index (χ2v) is 8.47. The van der Waals surface area contributed by atoms with Gasteiger partial charge in [-0.05, 0) is 50.3 Å². The fraction of sp³-hybridized carbons (Fsp3) is 0.682. The average molecular weight is 556 g/mol. The lowest BCUT2D eigenvalue weighted by atomic mass is 9.95. The van der Waals surface area contributed by atoms with Gasteiger partial charge < -0.3 is 10.2 Å². The highest BCUT2D eigenvalue weighted by atomic mass is 127. The predicted molar refractivity (Wildman–Crippen MR) is 127 cm³/mol. The molecule has 176 valence electrons. The Hall–Kier alpha value is -1.10. The van der Waals surface area contributed by atoms with E-state index in [0.29, 0.717) is 32.7 Å². The minimum absolute atomic E-state index is 0. The van der Waals surface area contributed by atoms with E-state index in [9.17, 15) is 17.6 Å². The van der Waals surface area contributed by atoms with Crippen LogP contribution in [-0.4, -0.2) is 67.7 Å². The summed E-state index contributed by atoms with van der Waals surface area (Å²) in [6, 6.07) is 6.90. The molecule has 0 amide bonds. The highest BCUT2D eigenvalue weighted by Gasteiger charge is 2.46. The molecule has 1 atom stereocenters. The Labute approximate surface area is 199 Å². The molecule has 0 aromatic heterocycles. The first-order valence-corrected chi connectivity index (χ1v) is 10.8. The fourth-order valence-corrected chi connectivity index (χ4v) is 4.31. The van der Waals surface area contributed by atoms with Crippen LogP contribution in [-0.2, 0) is 5.41 Å². The van der Waals surface area contributed by atoms with Crippen LogP contribution in [0.2, 0.25) is 0 Å². The zero-order valence-electron chi connectivity index (χ0n) is 18.2. The Balaban J connectivity index is 0.00000341. The number of rotatable bonds is 8. The van der Waals surface area contributed by atoms with Crippen molar-refractivity contribution in [2.45, 2.75) is 44.7 Å². The summed E-state index contributed by atoms with van der Waals surface area (Å²) in [4.78, 5) is 8.41. The molecule has 1 aliphatic heterocycles. The van der Waals surface area contributed by atoms with Gasteiger partial charge in [0.05, 0.1) is 13.1 Å². The number of guanidine groups is 1. The van der Waals surface area contributed by atoms with Crippen molar-refractivity contribution < 1.29 is 17.6 Å². The quantitative estimate of drug-likeness (QED) is 0.219. The molecule has 1 aromatic carbocycles. The molecule has 1 heterocycles. The second kappa shape index (κ2) is 11.2. The SMILES string of the molecule is CCNC(=NCC1(c2ccccc2F)CC1)N1CCC(CN(CC)CC(F)(F)F)C1.I. The molecule has 1 N–H and O–H groups in total. The lowest BCUT2D eigenvalue weighted by molar-refractivity contribution is -0.146. The molecule has 1 unspecified atom stereocenters. The minimum atomic E-state index is -4.17. The lowest BCUT2D eigenvalue weighted by Crippen LogP contribution is -2.42. The van der Waals surface area contributed by atoms with Crippen molar-refractivity contribution in [3.63, 3.8) is 0 Å². The molecular weight excluding hydrogens is 523 g/mol. The summed E-state index contributed by atoms with van der Waals surface area (Å²) in [6.45, 7) is 6.41. The number of likely N-dealkylation sites (tertiary alicyclic amines) is 1. The minimum Gasteiger partial charge on any atom is -0.357 e. The Kier molecular flexibility index (Phi) is 9.41. The van der Waals surface area contributed by atoms with Gasteiger partial charge in [-0.3, -0.25) is 9.89 Å². The number of alkyl halides is 3. The van der Waals surface area contributed by atoms with Crippen LogP contribution in [0.3, 0.4) is 0 Å². The molecule has 1 saturated carbocycles. The number of aliphatic imine (C=N–C) groups is 1. The van der Waals surface area contributed by atoms with Crippen molar-refractivity contribution in [2.75, 3.05) is 45.8 Å². The van der Waals surface area contributed by atoms with Gasteiger partial charge in [-0.1, -0.05) is 25.1 Å². The molecular formula is C22H33F4IN4. The van der Waals surface area contributed by atoms with E-state index in [1.807, 2.05) is 19.1 Å². The van der Waals surface area contributed by atoms with E-state index < -0.39 is 12.7 Å². The maximum Gasteiger partial charge on any atom is 0.401 e. The van der Waals surface area contributed by atoms with Crippen LogP contribution in [0.1, 0.15) is 38.7 Å². The summed E-state index contributed by atoms with van der Waals surface area (Å²) in [5, 5.41) is 3.31. The summed E-state index contributed by atoms with van der Waals surface area (Å²) in [5.74, 6) is 0.778. The molecule has 9 heteroatoms. The van der Waals surface area contributed by atoms with Gasteiger partial charge in [0.1, 0.15) is 5.82 Å². The van der Waals surface area contributed by atoms with Gasteiger partial charge in [-0.2, -0.15) is 13.2 Å².